The van der Waals surface area contributed by atoms with E-state index in [0.717, 1.165) is 23.9 Å². The molecule has 1 atom stereocenters. The van der Waals surface area contributed by atoms with Crippen molar-refractivity contribution in [1.82, 2.24) is 5.32 Å². The van der Waals surface area contributed by atoms with Crippen LogP contribution in [-0.4, -0.2) is 12.6 Å². The predicted molar refractivity (Wildman–Crippen MR) is 90.5 cm³/mol. The van der Waals surface area contributed by atoms with Crippen molar-refractivity contribution in [3.63, 3.8) is 0 Å². The van der Waals surface area contributed by atoms with Gasteiger partial charge in [0.1, 0.15) is 0 Å². The van der Waals surface area contributed by atoms with Gasteiger partial charge in [-0.25, -0.2) is 0 Å². The molecule has 1 unspecified atom stereocenters. The molecule has 0 amide bonds. The van der Waals surface area contributed by atoms with Crippen LogP contribution in [0.2, 0.25) is 5.02 Å². The molecule has 1 rings (SSSR count). The zero-order valence-electron chi connectivity index (χ0n) is 13.5. The molecule has 1 nitrogen and oxygen atoms in total. The molecule has 2 heteroatoms. The number of hydrogen-bond donors (Lipinski definition) is 1. The molecule has 0 aromatic heterocycles. The van der Waals surface area contributed by atoms with Crippen molar-refractivity contribution in [2.75, 3.05) is 6.54 Å². The van der Waals surface area contributed by atoms with E-state index >= 15 is 0 Å². The number of halogens is 1. The lowest BCUT2D eigenvalue weighted by molar-refractivity contribution is 0.331. The van der Waals surface area contributed by atoms with Crippen LogP contribution in [0.1, 0.15) is 52.5 Å². The zero-order valence-corrected chi connectivity index (χ0v) is 14.2. The van der Waals surface area contributed by atoms with Gasteiger partial charge < -0.3 is 5.32 Å². The first kappa shape index (κ1) is 17.5. The van der Waals surface area contributed by atoms with Crippen LogP contribution in [0.3, 0.4) is 0 Å². The molecule has 114 valence electrons. The highest BCUT2D eigenvalue weighted by Gasteiger charge is 2.16. The molecule has 1 N–H and O–H groups in total. The van der Waals surface area contributed by atoms with Crippen LogP contribution >= 0.6 is 11.6 Å². The van der Waals surface area contributed by atoms with Crippen molar-refractivity contribution < 1.29 is 0 Å². The van der Waals surface area contributed by atoms with Crippen LogP contribution in [0.25, 0.3) is 0 Å². The minimum atomic E-state index is 0.547. The van der Waals surface area contributed by atoms with Gasteiger partial charge >= 0.3 is 0 Å². The van der Waals surface area contributed by atoms with E-state index in [1.54, 1.807) is 0 Å². The molecule has 20 heavy (non-hydrogen) atoms. The summed E-state index contributed by atoms with van der Waals surface area (Å²) >= 11 is 6.31. The number of hydrogen-bond acceptors (Lipinski definition) is 1. The lowest BCUT2D eigenvalue weighted by atomic mass is 9.86. The largest absolute Gasteiger partial charge is 0.314 e. The molecule has 0 heterocycles. The second kappa shape index (κ2) is 9.41. The number of nitrogens with one attached hydrogen (secondary N) is 1. The molecule has 0 fully saturated rings. The first-order valence-corrected chi connectivity index (χ1v) is 8.41. The van der Waals surface area contributed by atoms with Crippen molar-refractivity contribution in [3.05, 3.63) is 34.9 Å². The van der Waals surface area contributed by atoms with Gasteiger partial charge in [-0.2, -0.15) is 0 Å². The van der Waals surface area contributed by atoms with Gasteiger partial charge in [0, 0.05) is 11.1 Å². The Labute approximate surface area is 130 Å². The number of rotatable bonds is 9. The topological polar surface area (TPSA) is 12.0 Å². The Morgan fingerprint density at radius 1 is 1.05 bits per heavy atom. The van der Waals surface area contributed by atoms with Crippen molar-refractivity contribution >= 4 is 11.6 Å². The average molecular weight is 296 g/mol. The zero-order chi connectivity index (χ0) is 15.0. The molecule has 1 aromatic carbocycles. The molecule has 0 aliphatic carbocycles. The van der Waals surface area contributed by atoms with E-state index in [1.807, 2.05) is 12.1 Å². The van der Waals surface area contributed by atoms with Gasteiger partial charge in [-0.05, 0) is 42.9 Å². The number of benzene rings is 1. The van der Waals surface area contributed by atoms with E-state index in [2.05, 4.69) is 45.1 Å². The minimum absolute atomic E-state index is 0.547. The fourth-order valence-corrected chi connectivity index (χ4v) is 2.92. The lowest BCUT2D eigenvalue weighted by Gasteiger charge is -2.24. The van der Waals surface area contributed by atoms with E-state index < -0.39 is 0 Å². The van der Waals surface area contributed by atoms with Crippen molar-refractivity contribution in [3.8, 4) is 0 Å². The maximum atomic E-state index is 6.31. The monoisotopic (exact) mass is 295 g/mol. The molecule has 0 radical (unpaired) electrons. The van der Waals surface area contributed by atoms with Gasteiger partial charge in [-0.15, -0.1) is 0 Å². The summed E-state index contributed by atoms with van der Waals surface area (Å²) in [5, 5.41) is 4.50. The van der Waals surface area contributed by atoms with Gasteiger partial charge in [0.2, 0.25) is 0 Å². The van der Waals surface area contributed by atoms with Crippen LogP contribution in [-0.2, 0) is 6.42 Å². The predicted octanol–water partition coefficient (Wildman–Crippen LogP) is 5.32. The fraction of sp³-hybridized carbons (Fsp3) is 0.667. The Balaban J connectivity index is 2.68. The van der Waals surface area contributed by atoms with Crippen molar-refractivity contribution in [2.24, 2.45) is 11.8 Å². The first-order chi connectivity index (χ1) is 9.56. The van der Waals surface area contributed by atoms with Crippen LogP contribution in [0, 0.1) is 11.8 Å². The van der Waals surface area contributed by atoms with Gasteiger partial charge in [0.15, 0.2) is 0 Å². The Bertz CT molecular complexity index is 371. The third-order valence-corrected chi connectivity index (χ3v) is 4.47. The van der Waals surface area contributed by atoms with Crippen LogP contribution in [0.15, 0.2) is 24.3 Å². The quantitative estimate of drug-likeness (QED) is 0.650. The van der Waals surface area contributed by atoms with Crippen LogP contribution in [0.4, 0.5) is 0 Å². The fourth-order valence-electron chi connectivity index (χ4n) is 2.71. The minimum Gasteiger partial charge on any atom is -0.314 e. The third kappa shape index (κ3) is 6.28. The molecule has 0 saturated heterocycles. The standard InChI is InChI=1S/C18H30ClN/c1-5-15(6-2)11-16(13-20-14(3)4)12-17-9-7-8-10-18(17)19/h7-10,14-16,20H,5-6,11-13H2,1-4H3. The Morgan fingerprint density at radius 2 is 1.70 bits per heavy atom. The van der Waals surface area contributed by atoms with E-state index in [1.165, 1.54) is 24.8 Å². The summed E-state index contributed by atoms with van der Waals surface area (Å²) in [5.41, 5.74) is 1.29. The summed E-state index contributed by atoms with van der Waals surface area (Å²) < 4.78 is 0. The first-order valence-electron chi connectivity index (χ1n) is 8.03. The average Bonchev–Trinajstić information content (AvgIpc) is 2.43. The Kier molecular flexibility index (Phi) is 8.25. The smallest absolute Gasteiger partial charge is 0.0438 e. The highest BCUT2D eigenvalue weighted by molar-refractivity contribution is 6.31. The van der Waals surface area contributed by atoms with E-state index in [-0.39, 0.29) is 0 Å². The second-order valence-electron chi connectivity index (χ2n) is 6.14. The normalized spacial score (nSPS) is 13.2. The molecule has 0 spiro atoms. The SMILES string of the molecule is CCC(CC)CC(CNC(C)C)Cc1ccccc1Cl. The van der Waals surface area contributed by atoms with Crippen LogP contribution < -0.4 is 5.32 Å². The van der Waals surface area contributed by atoms with Crippen LogP contribution in [0.5, 0.6) is 0 Å². The molecule has 0 aliphatic rings. The highest BCUT2D eigenvalue weighted by atomic mass is 35.5. The van der Waals surface area contributed by atoms with Crippen molar-refractivity contribution in [2.45, 2.75) is 59.4 Å². The van der Waals surface area contributed by atoms with Crippen molar-refractivity contribution in [1.29, 1.82) is 0 Å². The summed E-state index contributed by atoms with van der Waals surface area (Å²) in [4.78, 5) is 0. The summed E-state index contributed by atoms with van der Waals surface area (Å²) in [6.07, 6.45) is 4.92. The molecular formula is C18H30ClN. The van der Waals surface area contributed by atoms with E-state index in [9.17, 15) is 0 Å². The lowest BCUT2D eigenvalue weighted by Crippen LogP contribution is -2.31. The Morgan fingerprint density at radius 3 is 2.25 bits per heavy atom. The van der Waals surface area contributed by atoms with E-state index in [0.29, 0.717) is 12.0 Å². The van der Waals surface area contributed by atoms with E-state index in [4.69, 9.17) is 11.6 Å². The second-order valence-corrected chi connectivity index (χ2v) is 6.55. The van der Waals surface area contributed by atoms with Gasteiger partial charge in [-0.1, -0.05) is 70.3 Å². The maximum absolute atomic E-state index is 6.31. The summed E-state index contributed by atoms with van der Waals surface area (Å²) in [7, 11) is 0. The maximum Gasteiger partial charge on any atom is 0.0438 e. The highest BCUT2D eigenvalue weighted by Crippen LogP contribution is 2.25. The van der Waals surface area contributed by atoms with Gasteiger partial charge in [0.05, 0.1) is 0 Å². The molecule has 0 aliphatic heterocycles. The molecule has 0 saturated carbocycles. The van der Waals surface area contributed by atoms with Gasteiger partial charge in [-0.3, -0.25) is 0 Å². The Hall–Kier alpha value is -0.530. The summed E-state index contributed by atoms with van der Waals surface area (Å²) in [6.45, 7) is 10.1. The molecule has 0 bridgehead atoms. The molecular weight excluding hydrogens is 266 g/mol. The van der Waals surface area contributed by atoms with Gasteiger partial charge in [0.25, 0.3) is 0 Å². The third-order valence-electron chi connectivity index (χ3n) is 4.10. The molecule has 1 aromatic rings. The summed E-state index contributed by atoms with van der Waals surface area (Å²) in [6, 6.07) is 8.81. The summed E-state index contributed by atoms with van der Waals surface area (Å²) in [5.74, 6) is 1.50.